The highest BCUT2D eigenvalue weighted by atomic mass is 35.5. The largest absolute Gasteiger partial charge is 0.494 e. The van der Waals surface area contributed by atoms with Gasteiger partial charge in [0.2, 0.25) is 0 Å². The fourth-order valence-electron chi connectivity index (χ4n) is 1.16. The van der Waals surface area contributed by atoms with Crippen LogP contribution in [0.25, 0.3) is 0 Å². The van der Waals surface area contributed by atoms with Crippen molar-refractivity contribution in [1.82, 2.24) is 0 Å². The van der Waals surface area contributed by atoms with Gasteiger partial charge in [0.05, 0.1) is 6.61 Å². The Labute approximate surface area is 88.8 Å². The van der Waals surface area contributed by atoms with Crippen molar-refractivity contribution in [2.45, 2.75) is 20.8 Å². The normalized spacial score (nSPS) is 10.0. The Morgan fingerprint density at radius 1 is 1.50 bits per heavy atom. The van der Waals surface area contributed by atoms with E-state index < -0.39 is 0 Å². The standard InChI is InChI=1S/C11H13ClO2/c1-4-14-11-6-9(8(3)13)5-10(12)7(11)2/h5-6H,4H2,1-3H3. The molecule has 1 rings (SSSR count). The maximum Gasteiger partial charge on any atom is 0.159 e. The summed E-state index contributed by atoms with van der Waals surface area (Å²) in [5.74, 6) is 0.679. The van der Waals surface area contributed by atoms with Gasteiger partial charge in [0.15, 0.2) is 5.78 Å². The summed E-state index contributed by atoms with van der Waals surface area (Å²) in [7, 11) is 0. The molecule has 0 N–H and O–H groups in total. The van der Waals surface area contributed by atoms with Crippen LogP contribution in [0.5, 0.6) is 5.75 Å². The number of ether oxygens (including phenoxy) is 1. The zero-order valence-corrected chi connectivity index (χ0v) is 9.31. The van der Waals surface area contributed by atoms with Gasteiger partial charge in [0, 0.05) is 16.1 Å². The fourth-order valence-corrected chi connectivity index (χ4v) is 1.37. The van der Waals surface area contributed by atoms with Gasteiger partial charge in [-0.1, -0.05) is 11.6 Å². The van der Waals surface area contributed by atoms with Crippen LogP contribution >= 0.6 is 11.6 Å². The summed E-state index contributed by atoms with van der Waals surface area (Å²) in [4.78, 5) is 11.2. The number of halogens is 1. The molecule has 0 heterocycles. The predicted octanol–water partition coefficient (Wildman–Crippen LogP) is 3.25. The summed E-state index contributed by atoms with van der Waals surface area (Å²) in [6.07, 6.45) is 0. The predicted molar refractivity (Wildman–Crippen MR) is 57.4 cm³/mol. The molecule has 0 aliphatic carbocycles. The minimum Gasteiger partial charge on any atom is -0.494 e. The first kappa shape index (κ1) is 11.1. The van der Waals surface area contributed by atoms with Gasteiger partial charge in [0.1, 0.15) is 5.75 Å². The molecule has 0 spiro atoms. The molecule has 1 aromatic carbocycles. The first-order valence-corrected chi connectivity index (χ1v) is 4.88. The third-order valence-corrected chi connectivity index (χ3v) is 2.40. The van der Waals surface area contributed by atoms with Crippen LogP contribution in [0.1, 0.15) is 29.8 Å². The van der Waals surface area contributed by atoms with E-state index in [0.29, 0.717) is 22.9 Å². The summed E-state index contributed by atoms with van der Waals surface area (Å²) >= 11 is 5.97. The lowest BCUT2D eigenvalue weighted by atomic mass is 10.1. The molecule has 0 saturated heterocycles. The van der Waals surface area contributed by atoms with E-state index in [1.807, 2.05) is 13.8 Å². The highest BCUT2D eigenvalue weighted by Gasteiger charge is 2.08. The van der Waals surface area contributed by atoms with Crippen LogP contribution in [0.3, 0.4) is 0 Å². The second kappa shape index (κ2) is 4.47. The Morgan fingerprint density at radius 2 is 2.14 bits per heavy atom. The maximum atomic E-state index is 11.2. The fraction of sp³-hybridized carbons (Fsp3) is 0.364. The number of carbonyl (C=O) groups is 1. The Hall–Kier alpha value is -1.02. The summed E-state index contributed by atoms with van der Waals surface area (Å²) < 4.78 is 5.37. The Bertz CT molecular complexity index is 359. The van der Waals surface area contributed by atoms with Crippen LogP contribution in [0.4, 0.5) is 0 Å². The second-order valence-electron chi connectivity index (χ2n) is 3.07. The van der Waals surface area contributed by atoms with Gasteiger partial charge >= 0.3 is 0 Å². The van der Waals surface area contributed by atoms with Gasteiger partial charge in [-0.05, 0) is 32.9 Å². The lowest BCUT2D eigenvalue weighted by Crippen LogP contribution is -1.99. The van der Waals surface area contributed by atoms with Crippen LogP contribution in [-0.4, -0.2) is 12.4 Å². The molecule has 0 aliphatic heterocycles. The SMILES string of the molecule is CCOc1cc(C(C)=O)cc(Cl)c1C. The third kappa shape index (κ3) is 2.26. The smallest absolute Gasteiger partial charge is 0.159 e. The lowest BCUT2D eigenvalue weighted by Gasteiger charge is -2.09. The molecule has 14 heavy (non-hydrogen) atoms. The molecular formula is C11H13ClO2. The maximum absolute atomic E-state index is 11.2. The molecule has 0 amide bonds. The molecule has 3 heteroatoms. The summed E-state index contributed by atoms with van der Waals surface area (Å²) in [5, 5.41) is 0.571. The molecular weight excluding hydrogens is 200 g/mol. The number of hydrogen-bond donors (Lipinski definition) is 0. The first-order valence-electron chi connectivity index (χ1n) is 4.50. The van der Waals surface area contributed by atoms with Gasteiger partial charge in [-0.2, -0.15) is 0 Å². The van der Waals surface area contributed by atoms with Crippen molar-refractivity contribution in [3.8, 4) is 5.75 Å². The molecule has 76 valence electrons. The summed E-state index contributed by atoms with van der Waals surface area (Å²) in [6.45, 7) is 5.85. The van der Waals surface area contributed by atoms with Crippen molar-refractivity contribution < 1.29 is 9.53 Å². The zero-order chi connectivity index (χ0) is 10.7. The topological polar surface area (TPSA) is 26.3 Å². The van der Waals surface area contributed by atoms with Crippen LogP contribution in [0.2, 0.25) is 5.02 Å². The first-order chi connectivity index (χ1) is 6.56. The zero-order valence-electron chi connectivity index (χ0n) is 8.56. The highest BCUT2D eigenvalue weighted by molar-refractivity contribution is 6.32. The number of hydrogen-bond acceptors (Lipinski definition) is 2. The van der Waals surface area contributed by atoms with Gasteiger partial charge in [-0.25, -0.2) is 0 Å². The van der Waals surface area contributed by atoms with E-state index in [9.17, 15) is 4.79 Å². The molecule has 2 nitrogen and oxygen atoms in total. The number of benzene rings is 1. The molecule has 0 radical (unpaired) electrons. The van der Waals surface area contributed by atoms with Crippen LogP contribution in [0.15, 0.2) is 12.1 Å². The Kier molecular flexibility index (Phi) is 3.53. The van der Waals surface area contributed by atoms with Crippen LogP contribution in [0, 0.1) is 6.92 Å². The van der Waals surface area contributed by atoms with E-state index in [-0.39, 0.29) is 5.78 Å². The van der Waals surface area contributed by atoms with Gasteiger partial charge in [-0.3, -0.25) is 4.79 Å². The van der Waals surface area contributed by atoms with E-state index in [4.69, 9.17) is 16.3 Å². The highest BCUT2D eigenvalue weighted by Crippen LogP contribution is 2.27. The Morgan fingerprint density at radius 3 is 2.64 bits per heavy atom. The van der Waals surface area contributed by atoms with Gasteiger partial charge < -0.3 is 4.74 Å². The van der Waals surface area contributed by atoms with E-state index in [0.717, 1.165) is 5.56 Å². The minimum absolute atomic E-state index is 0.00662. The minimum atomic E-state index is -0.00662. The molecule has 0 fully saturated rings. The molecule has 0 unspecified atom stereocenters. The molecule has 1 aromatic rings. The van der Waals surface area contributed by atoms with Crippen molar-refractivity contribution in [1.29, 1.82) is 0 Å². The lowest BCUT2D eigenvalue weighted by molar-refractivity contribution is 0.101. The monoisotopic (exact) mass is 212 g/mol. The Balaban J connectivity index is 3.20. The van der Waals surface area contributed by atoms with Crippen molar-refractivity contribution in [2.75, 3.05) is 6.61 Å². The van der Waals surface area contributed by atoms with Crippen molar-refractivity contribution in [3.05, 3.63) is 28.3 Å². The van der Waals surface area contributed by atoms with Crippen molar-refractivity contribution in [2.24, 2.45) is 0 Å². The van der Waals surface area contributed by atoms with Crippen molar-refractivity contribution >= 4 is 17.4 Å². The second-order valence-corrected chi connectivity index (χ2v) is 3.48. The molecule has 0 saturated carbocycles. The molecule has 0 aliphatic rings. The number of Topliss-reactive ketones (excluding diaryl/α,β-unsaturated/α-hetero) is 1. The summed E-state index contributed by atoms with van der Waals surface area (Å²) in [6, 6.07) is 3.40. The molecule has 0 atom stereocenters. The number of rotatable bonds is 3. The van der Waals surface area contributed by atoms with Crippen LogP contribution in [-0.2, 0) is 0 Å². The molecule has 0 aromatic heterocycles. The number of carbonyl (C=O) groups excluding carboxylic acids is 1. The van der Waals surface area contributed by atoms with Crippen LogP contribution < -0.4 is 4.74 Å². The van der Waals surface area contributed by atoms with E-state index in [1.54, 1.807) is 12.1 Å². The molecule has 0 bridgehead atoms. The van der Waals surface area contributed by atoms with E-state index in [2.05, 4.69) is 0 Å². The van der Waals surface area contributed by atoms with Gasteiger partial charge in [0.25, 0.3) is 0 Å². The average molecular weight is 213 g/mol. The quantitative estimate of drug-likeness (QED) is 0.719. The number of ketones is 1. The average Bonchev–Trinajstić information content (AvgIpc) is 2.12. The van der Waals surface area contributed by atoms with Gasteiger partial charge in [-0.15, -0.1) is 0 Å². The van der Waals surface area contributed by atoms with Crippen molar-refractivity contribution in [3.63, 3.8) is 0 Å². The van der Waals surface area contributed by atoms with E-state index in [1.165, 1.54) is 6.92 Å². The van der Waals surface area contributed by atoms with E-state index >= 15 is 0 Å². The third-order valence-electron chi connectivity index (χ3n) is 2.00. The summed E-state index contributed by atoms with van der Waals surface area (Å²) in [5.41, 5.74) is 1.46.